The summed E-state index contributed by atoms with van der Waals surface area (Å²) in [5.41, 5.74) is 4.79. The molecule has 3 N–H and O–H groups in total. The number of nitrogens with zero attached hydrogens (tertiary/aromatic N) is 2. The average Bonchev–Trinajstić information content (AvgIpc) is 2.79. The summed E-state index contributed by atoms with van der Waals surface area (Å²) < 4.78 is 57.3. The number of nitrogens with two attached hydrogens (primary N) is 1. The molecule has 21 heavy (non-hydrogen) atoms. The zero-order valence-corrected chi connectivity index (χ0v) is 11.7. The lowest BCUT2D eigenvalue weighted by Crippen LogP contribution is -2.27. The van der Waals surface area contributed by atoms with E-state index in [2.05, 4.69) is 14.9 Å². The molecule has 114 valence electrons. The maximum atomic E-state index is 13.5. The standard InChI is InChI=1S/C11H12F2N4O3S/c1-6-16-11(17-20-6)2-3-15-21(18,19)10-5-9(14)7(12)4-8(10)13/h4-5,15H,2-3,14H2,1H3. The van der Waals surface area contributed by atoms with E-state index in [4.69, 9.17) is 10.3 Å². The van der Waals surface area contributed by atoms with Gasteiger partial charge < -0.3 is 10.3 Å². The molecule has 1 aromatic carbocycles. The van der Waals surface area contributed by atoms with Crippen LogP contribution in [0.3, 0.4) is 0 Å². The Hall–Kier alpha value is -2.07. The molecule has 10 heteroatoms. The number of hydrogen-bond donors (Lipinski definition) is 2. The molecular weight excluding hydrogens is 306 g/mol. The Bertz CT molecular complexity index is 761. The Morgan fingerprint density at radius 1 is 1.33 bits per heavy atom. The van der Waals surface area contributed by atoms with Crippen molar-refractivity contribution in [3.8, 4) is 0 Å². The third kappa shape index (κ3) is 3.52. The van der Waals surface area contributed by atoms with Gasteiger partial charge >= 0.3 is 0 Å². The van der Waals surface area contributed by atoms with Gasteiger partial charge in [0, 0.05) is 26.0 Å². The molecule has 1 aromatic heterocycles. The number of rotatable bonds is 5. The number of halogens is 2. The lowest BCUT2D eigenvalue weighted by Gasteiger charge is -2.08. The van der Waals surface area contributed by atoms with Crippen LogP contribution in [0, 0.1) is 18.6 Å². The molecule has 0 bridgehead atoms. The molecule has 0 saturated heterocycles. The highest BCUT2D eigenvalue weighted by Gasteiger charge is 2.21. The van der Waals surface area contributed by atoms with Crippen molar-refractivity contribution in [3.05, 3.63) is 35.5 Å². The van der Waals surface area contributed by atoms with Crippen molar-refractivity contribution in [2.45, 2.75) is 18.2 Å². The Kier molecular flexibility index (Phi) is 4.19. The highest BCUT2D eigenvalue weighted by atomic mass is 32.2. The van der Waals surface area contributed by atoms with Crippen molar-refractivity contribution in [1.29, 1.82) is 0 Å². The van der Waals surface area contributed by atoms with Crippen LogP contribution in [0.1, 0.15) is 11.7 Å². The molecular formula is C11H12F2N4O3S. The number of nitrogens with one attached hydrogen (secondary N) is 1. The van der Waals surface area contributed by atoms with Gasteiger partial charge in [0.1, 0.15) is 16.5 Å². The van der Waals surface area contributed by atoms with Gasteiger partial charge in [-0.25, -0.2) is 21.9 Å². The second-order valence-corrected chi connectivity index (χ2v) is 5.92. The summed E-state index contributed by atoms with van der Waals surface area (Å²) in [7, 11) is -4.15. The van der Waals surface area contributed by atoms with E-state index in [-0.39, 0.29) is 13.0 Å². The molecule has 0 radical (unpaired) electrons. The number of aryl methyl sites for hydroxylation is 1. The van der Waals surface area contributed by atoms with Crippen LogP contribution >= 0.6 is 0 Å². The summed E-state index contributed by atoms with van der Waals surface area (Å²) in [5.74, 6) is -1.57. The second-order valence-electron chi connectivity index (χ2n) is 4.18. The van der Waals surface area contributed by atoms with E-state index in [0.717, 1.165) is 6.07 Å². The Morgan fingerprint density at radius 3 is 2.67 bits per heavy atom. The molecule has 0 atom stereocenters. The first-order chi connectivity index (χ1) is 9.79. The zero-order chi connectivity index (χ0) is 15.6. The first-order valence-corrected chi connectivity index (χ1v) is 7.31. The highest BCUT2D eigenvalue weighted by molar-refractivity contribution is 7.89. The van der Waals surface area contributed by atoms with E-state index in [1.165, 1.54) is 0 Å². The minimum atomic E-state index is -4.15. The van der Waals surface area contributed by atoms with E-state index in [0.29, 0.717) is 17.8 Å². The maximum Gasteiger partial charge on any atom is 0.243 e. The van der Waals surface area contributed by atoms with Gasteiger partial charge in [-0.05, 0) is 6.07 Å². The van der Waals surface area contributed by atoms with E-state index in [1.807, 2.05) is 0 Å². The number of nitrogen functional groups attached to an aromatic ring is 1. The summed E-state index contributed by atoms with van der Waals surface area (Å²) in [4.78, 5) is 3.17. The summed E-state index contributed by atoms with van der Waals surface area (Å²) in [5, 5.41) is 3.59. The van der Waals surface area contributed by atoms with Crippen molar-refractivity contribution in [2.24, 2.45) is 0 Å². The third-order valence-electron chi connectivity index (χ3n) is 2.55. The highest BCUT2D eigenvalue weighted by Crippen LogP contribution is 2.20. The van der Waals surface area contributed by atoms with Crippen LogP contribution in [0.5, 0.6) is 0 Å². The predicted octanol–water partition coefficient (Wildman–Crippen LogP) is 0.759. The minimum Gasteiger partial charge on any atom is -0.396 e. The van der Waals surface area contributed by atoms with Crippen molar-refractivity contribution in [1.82, 2.24) is 14.9 Å². The molecule has 0 aliphatic carbocycles. The van der Waals surface area contributed by atoms with Crippen LogP contribution in [0.2, 0.25) is 0 Å². The maximum absolute atomic E-state index is 13.5. The fraction of sp³-hybridized carbons (Fsp3) is 0.273. The normalized spacial score (nSPS) is 11.8. The van der Waals surface area contributed by atoms with E-state index >= 15 is 0 Å². The monoisotopic (exact) mass is 318 g/mol. The molecule has 0 fully saturated rings. The fourth-order valence-corrected chi connectivity index (χ4v) is 2.69. The SMILES string of the molecule is Cc1nc(CCNS(=O)(=O)c2cc(N)c(F)cc2F)no1. The largest absolute Gasteiger partial charge is 0.396 e. The number of benzene rings is 1. The number of hydrogen-bond acceptors (Lipinski definition) is 6. The van der Waals surface area contributed by atoms with Gasteiger partial charge in [-0.15, -0.1) is 0 Å². The number of aromatic nitrogens is 2. The summed E-state index contributed by atoms with van der Waals surface area (Å²) in [6, 6.07) is 1.15. The van der Waals surface area contributed by atoms with Crippen molar-refractivity contribution >= 4 is 15.7 Å². The Balaban J connectivity index is 2.10. The van der Waals surface area contributed by atoms with E-state index < -0.39 is 32.2 Å². The van der Waals surface area contributed by atoms with Gasteiger partial charge in [0.2, 0.25) is 15.9 Å². The predicted molar refractivity (Wildman–Crippen MR) is 68.7 cm³/mol. The topological polar surface area (TPSA) is 111 Å². The molecule has 7 nitrogen and oxygen atoms in total. The number of anilines is 1. The summed E-state index contributed by atoms with van der Waals surface area (Å²) >= 11 is 0. The van der Waals surface area contributed by atoms with Crippen LogP contribution in [-0.4, -0.2) is 25.1 Å². The summed E-state index contributed by atoms with van der Waals surface area (Å²) in [6.07, 6.45) is 0.162. The first kappa shape index (κ1) is 15.3. The zero-order valence-electron chi connectivity index (χ0n) is 10.9. The smallest absolute Gasteiger partial charge is 0.243 e. The van der Waals surface area contributed by atoms with E-state index in [1.54, 1.807) is 6.92 Å². The van der Waals surface area contributed by atoms with Crippen LogP contribution < -0.4 is 10.5 Å². The van der Waals surface area contributed by atoms with Gasteiger partial charge in [0.05, 0.1) is 5.69 Å². The van der Waals surface area contributed by atoms with Crippen LogP contribution in [0.4, 0.5) is 14.5 Å². The molecule has 0 saturated carbocycles. The molecule has 2 aromatic rings. The van der Waals surface area contributed by atoms with Crippen LogP contribution in [0.15, 0.2) is 21.6 Å². The Morgan fingerprint density at radius 2 is 2.05 bits per heavy atom. The Labute approximate surface area is 119 Å². The molecule has 0 unspecified atom stereocenters. The molecule has 0 aliphatic heterocycles. The quantitative estimate of drug-likeness (QED) is 0.787. The molecule has 0 amide bonds. The molecule has 2 rings (SSSR count). The van der Waals surface area contributed by atoms with Gasteiger partial charge in [-0.2, -0.15) is 4.98 Å². The van der Waals surface area contributed by atoms with Gasteiger partial charge in [-0.1, -0.05) is 5.16 Å². The third-order valence-corrected chi connectivity index (χ3v) is 4.03. The molecule has 1 heterocycles. The van der Waals surface area contributed by atoms with Crippen molar-refractivity contribution in [3.63, 3.8) is 0 Å². The average molecular weight is 318 g/mol. The van der Waals surface area contributed by atoms with Crippen LogP contribution in [-0.2, 0) is 16.4 Å². The van der Waals surface area contributed by atoms with Gasteiger partial charge in [0.15, 0.2) is 5.82 Å². The molecule has 0 spiro atoms. The first-order valence-electron chi connectivity index (χ1n) is 5.83. The van der Waals surface area contributed by atoms with Crippen molar-refractivity contribution in [2.75, 3.05) is 12.3 Å². The van der Waals surface area contributed by atoms with Gasteiger partial charge in [-0.3, -0.25) is 0 Å². The van der Waals surface area contributed by atoms with Crippen molar-refractivity contribution < 1.29 is 21.7 Å². The van der Waals surface area contributed by atoms with Crippen LogP contribution in [0.25, 0.3) is 0 Å². The fourth-order valence-electron chi connectivity index (χ4n) is 1.57. The minimum absolute atomic E-state index is 0.0714. The number of sulfonamides is 1. The lowest BCUT2D eigenvalue weighted by atomic mass is 10.3. The van der Waals surface area contributed by atoms with E-state index in [9.17, 15) is 17.2 Å². The molecule has 0 aliphatic rings. The lowest BCUT2D eigenvalue weighted by molar-refractivity contribution is 0.387. The van der Waals surface area contributed by atoms with Gasteiger partial charge in [0.25, 0.3) is 0 Å². The second kappa shape index (κ2) is 5.74. The summed E-state index contributed by atoms with van der Waals surface area (Å²) in [6.45, 7) is 1.52.